The highest BCUT2D eigenvalue weighted by molar-refractivity contribution is 5.67. The molecule has 1 aliphatic carbocycles. The van der Waals surface area contributed by atoms with Crippen molar-refractivity contribution in [1.29, 1.82) is 0 Å². The van der Waals surface area contributed by atoms with Gasteiger partial charge in [0.1, 0.15) is 6.10 Å². The first kappa shape index (κ1) is 21.2. The van der Waals surface area contributed by atoms with Gasteiger partial charge in [-0.2, -0.15) is 5.10 Å². The Morgan fingerprint density at radius 3 is 2.48 bits per heavy atom. The number of benzene rings is 1. The van der Waals surface area contributed by atoms with Gasteiger partial charge in [-0.15, -0.1) is 0 Å². The summed E-state index contributed by atoms with van der Waals surface area (Å²) >= 11 is 0. The lowest BCUT2D eigenvalue weighted by Crippen LogP contribution is -2.25. The molecule has 8 heteroatoms. The van der Waals surface area contributed by atoms with Crippen LogP contribution in [0, 0.1) is 12.8 Å². The third kappa shape index (κ3) is 4.33. The van der Waals surface area contributed by atoms with Crippen molar-refractivity contribution in [3.05, 3.63) is 73.3 Å². The first-order valence-electron chi connectivity index (χ1n) is 11.0. The molecule has 0 saturated heterocycles. The number of anilines is 2. The van der Waals surface area contributed by atoms with Crippen LogP contribution in [0.1, 0.15) is 30.1 Å². The van der Waals surface area contributed by atoms with Gasteiger partial charge in [0.25, 0.3) is 0 Å². The van der Waals surface area contributed by atoms with Gasteiger partial charge in [0.05, 0.1) is 32.8 Å². The van der Waals surface area contributed by atoms with Gasteiger partial charge in [-0.3, -0.25) is 4.68 Å². The van der Waals surface area contributed by atoms with Crippen LogP contribution in [-0.2, 0) is 7.05 Å². The maximum atomic E-state index is 6.58. The van der Waals surface area contributed by atoms with E-state index < -0.39 is 0 Å². The summed E-state index contributed by atoms with van der Waals surface area (Å²) in [4.78, 5) is 8.65. The molecule has 1 saturated carbocycles. The molecule has 5 rings (SSSR count). The fourth-order valence-corrected chi connectivity index (χ4v) is 4.06. The Morgan fingerprint density at radius 2 is 1.85 bits per heavy atom. The van der Waals surface area contributed by atoms with E-state index in [0.29, 0.717) is 30.0 Å². The van der Waals surface area contributed by atoms with E-state index in [1.807, 2.05) is 62.3 Å². The average molecular weight is 447 g/mol. The fourth-order valence-electron chi connectivity index (χ4n) is 4.06. The molecule has 0 amide bonds. The van der Waals surface area contributed by atoms with Crippen molar-refractivity contribution in [2.24, 2.45) is 13.0 Å². The number of pyridine rings is 1. The van der Waals surface area contributed by atoms with E-state index in [2.05, 4.69) is 26.8 Å². The van der Waals surface area contributed by atoms with Crippen molar-refractivity contribution in [2.75, 3.05) is 30.7 Å². The number of ether oxygens (including phenoxy) is 3. The molecule has 3 aromatic rings. The second-order valence-corrected chi connectivity index (χ2v) is 8.39. The molecular weight excluding hydrogens is 418 g/mol. The molecule has 2 aromatic heterocycles. The number of aromatic nitrogens is 3. The van der Waals surface area contributed by atoms with Gasteiger partial charge in [-0.25, -0.2) is 4.98 Å². The molecule has 1 radical (unpaired) electrons. The molecule has 33 heavy (non-hydrogen) atoms. The Balaban J connectivity index is 1.41. The third-order valence-electron chi connectivity index (χ3n) is 6.03. The van der Waals surface area contributed by atoms with Crippen LogP contribution >= 0.6 is 0 Å². The van der Waals surface area contributed by atoms with E-state index in [-0.39, 0.29) is 6.10 Å². The normalized spacial score (nSPS) is 16.2. The van der Waals surface area contributed by atoms with Gasteiger partial charge < -0.3 is 24.0 Å². The zero-order valence-electron chi connectivity index (χ0n) is 19.1. The average Bonchev–Trinajstić information content (AvgIpc) is 3.39. The third-order valence-corrected chi connectivity index (χ3v) is 6.03. The van der Waals surface area contributed by atoms with E-state index >= 15 is 0 Å². The number of hydrogen-bond donors (Lipinski definition) is 0. The summed E-state index contributed by atoms with van der Waals surface area (Å²) in [6.45, 7) is 4.91. The molecule has 0 N–H and O–H groups in total. The first-order valence-corrected chi connectivity index (χ1v) is 11.0. The van der Waals surface area contributed by atoms with Crippen molar-refractivity contribution in [3.63, 3.8) is 0 Å². The molecule has 1 aromatic carbocycles. The summed E-state index contributed by atoms with van der Waals surface area (Å²) in [7, 11) is 5.19. The van der Waals surface area contributed by atoms with Crippen molar-refractivity contribution >= 4 is 11.4 Å². The van der Waals surface area contributed by atoms with Gasteiger partial charge in [-0.05, 0) is 37.5 Å². The van der Waals surface area contributed by atoms with E-state index in [4.69, 9.17) is 14.2 Å². The van der Waals surface area contributed by atoms with Gasteiger partial charge in [0, 0.05) is 61.1 Å². The predicted octanol–water partition coefficient (Wildman–Crippen LogP) is 4.30. The summed E-state index contributed by atoms with van der Waals surface area (Å²) < 4.78 is 19.2. The smallest absolute Gasteiger partial charge is 0.212 e. The molecule has 8 nitrogen and oxygen atoms in total. The first-order chi connectivity index (χ1) is 16.1. The van der Waals surface area contributed by atoms with Crippen LogP contribution < -0.4 is 24.0 Å². The minimum absolute atomic E-state index is 0.0955. The Hall–Kier alpha value is -3.68. The van der Waals surface area contributed by atoms with Crippen LogP contribution in [0.2, 0.25) is 0 Å². The van der Waals surface area contributed by atoms with Gasteiger partial charge in [0.15, 0.2) is 11.5 Å². The summed E-state index contributed by atoms with van der Waals surface area (Å²) in [6, 6.07) is 7.84. The second-order valence-electron chi connectivity index (χ2n) is 8.39. The molecule has 1 fully saturated rings. The minimum atomic E-state index is -0.0955. The lowest BCUT2D eigenvalue weighted by molar-refractivity contribution is 0.173. The van der Waals surface area contributed by atoms with Gasteiger partial charge in [-0.1, -0.05) is 0 Å². The summed E-state index contributed by atoms with van der Waals surface area (Å²) in [5.74, 6) is 2.41. The standard InChI is InChI=1S/C25H28N5O3/c1-17-11-22(31-3)23(33-25(18-5-6-18)19-7-8-24(32-4)26-13-19)12-21(17)30-10-9-29(16-30)20-14-27-28(2)15-20/h7-15,18,25H,1,5-6,16H2,2-4H3. The highest BCUT2D eigenvalue weighted by Gasteiger charge is 2.35. The minimum Gasteiger partial charge on any atom is -0.493 e. The van der Waals surface area contributed by atoms with Crippen LogP contribution in [0.3, 0.4) is 0 Å². The summed E-state index contributed by atoms with van der Waals surface area (Å²) in [5, 5.41) is 4.27. The van der Waals surface area contributed by atoms with Crippen LogP contribution in [0.5, 0.6) is 17.4 Å². The van der Waals surface area contributed by atoms with Crippen molar-refractivity contribution in [3.8, 4) is 17.4 Å². The van der Waals surface area contributed by atoms with Crippen molar-refractivity contribution in [2.45, 2.75) is 18.9 Å². The zero-order valence-corrected chi connectivity index (χ0v) is 19.1. The van der Waals surface area contributed by atoms with Crippen molar-refractivity contribution in [1.82, 2.24) is 14.8 Å². The monoisotopic (exact) mass is 446 g/mol. The zero-order chi connectivity index (χ0) is 22.9. The Labute approximate surface area is 194 Å². The molecule has 1 aliphatic heterocycles. The molecule has 171 valence electrons. The van der Waals surface area contributed by atoms with Crippen LogP contribution in [-0.4, -0.2) is 35.7 Å². The second kappa shape index (κ2) is 8.69. The number of methoxy groups -OCH3 is 2. The highest BCUT2D eigenvalue weighted by Crippen LogP contribution is 2.46. The topological polar surface area (TPSA) is 64.9 Å². The maximum Gasteiger partial charge on any atom is 0.212 e. The molecular formula is C25H28N5O3. The van der Waals surface area contributed by atoms with Crippen LogP contribution in [0.15, 0.2) is 55.3 Å². The van der Waals surface area contributed by atoms with Gasteiger partial charge in [0.2, 0.25) is 5.88 Å². The number of rotatable bonds is 8. The molecule has 0 bridgehead atoms. The Bertz CT molecular complexity index is 1150. The Morgan fingerprint density at radius 1 is 1.03 bits per heavy atom. The molecule has 1 atom stereocenters. The molecule has 2 aliphatic rings. The molecule has 3 heterocycles. The maximum absolute atomic E-state index is 6.58. The van der Waals surface area contributed by atoms with E-state index in [1.54, 1.807) is 18.9 Å². The quantitative estimate of drug-likeness (QED) is 0.511. The highest BCUT2D eigenvalue weighted by atomic mass is 16.5. The van der Waals surface area contributed by atoms with Crippen LogP contribution in [0.25, 0.3) is 0 Å². The fraction of sp³-hybridized carbons (Fsp3) is 0.320. The Kier molecular flexibility index (Phi) is 5.58. The summed E-state index contributed by atoms with van der Waals surface area (Å²) in [6.07, 6.45) is 11.9. The number of aryl methyl sites for hydroxylation is 1. The van der Waals surface area contributed by atoms with E-state index in [9.17, 15) is 0 Å². The summed E-state index contributed by atoms with van der Waals surface area (Å²) in [5.41, 5.74) is 3.90. The molecule has 1 unspecified atom stereocenters. The number of nitrogens with zero attached hydrogens (tertiary/aromatic N) is 5. The van der Waals surface area contributed by atoms with Crippen molar-refractivity contribution < 1.29 is 14.2 Å². The molecule has 0 spiro atoms. The van der Waals surface area contributed by atoms with E-state index in [1.165, 1.54) is 0 Å². The van der Waals surface area contributed by atoms with E-state index in [0.717, 1.165) is 35.3 Å². The number of hydrogen-bond acceptors (Lipinski definition) is 7. The SMILES string of the molecule is [CH2]c1cc(OC)c(OC(c2ccc(OC)nc2)C2CC2)cc1N1C=CN(c2cnn(C)c2)C1. The predicted molar refractivity (Wildman–Crippen MR) is 127 cm³/mol. The van der Waals surface area contributed by atoms with Gasteiger partial charge >= 0.3 is 0 Å². The lowest BCUT2D eigenvalue weighted by Gasteiger charge is -2.25. The largest absolute Gasteiger partial charge is 0.493 e. The lowest BCUT2D eigenvalue weighted by atomic mass is 10.1. The van der Waals surface area contributed by atoms with Crippen LogP contribution in [0.4, 0.5) is 11.4 Å².